The summed E-state index contributed by atoms with van der Waals surface area (Å²) in [7, 11) is 0. The maximum absolute atomic E-state index is 12.5. The van der Waals surface area contributed by atoms with E-state index in [1.54, 1.807) is 0 Å². The number of hydrogen-bond acceptors (Lipinski definition) is 3. The van der Waals surface area contributed by atoms with Crippen molar-refractivity contribution in [2.24, 2.45) is 0 Å². The van der Waals surface area contributed by atoms with Crippen LogP contribution >= 0.6 is 0 Å². The summed E-state index contributed by atoms with van der Waals surface area (Å²) >= 11 is 0. The average Bonchev–Trinajstić information content (AvgIpc) is 2.56. The number of carbonyl (C=O) groups is 3. The molecule has 1 aliphatic heterocycles. The maximum atomic E-state index is 12.5. The van der Waals surface area contributed by atoms with Gasteiger partial charge in [0.15, 0.2) is 0 Å². The molecule has 1 saturated carbocycles. The third kappa shape index (κ3) is 2.43. The van der Waals surface area contributed by atoms with E-state index in [-0.39, 0.29) is 5.91 Å². The van der Waals surface area contributed by atoms with E-state index < -0.39 is 23.6 Å². The molecule has 1 aliphatic carbocycles. The molecule has 0 radical (unpaired) electrons. The molecule has 0 aromatic carbocycles. The Morgan fingerprint density at radius 3 is 2.26 bits per heavy atom. The quantitative estimate of drug-likeness (QED) is 0.743. The summed E-state index contributed by atoms with van der Waals surface area (Å²) in [6, 6.07) is -1.68. The first-order valence-corrected chi connectivity index (χ1v) is 6.86. The molecule has 2 N–H and O–H groups in total. The predicted octanol–water partition coefficient (Wildman–Crippen LogP) is 1.49. The molecule has 19 heavy (non-hydrogen) atoms. The SMILES string of the molecule is CC(C(=O)O)N1C(=O)NC2(CCCCCCC2)C1=O. The van der Waals surface area contributed by atoms with Crippen molar-refractivity contribution in [3.05, 3.63) is 0 Å². The van der Waals surface area contributed by atoms with Crippen LogP contribution in [0.3, 0.4) is 0 Å². The zero-order valence-corrected chi connectivity index (χ0v) is 11.1. The summed E-state index contributed by atoms with van der Waals surface area (Å²) in [6.45, 7) is 1.36. The molecule has 1 heterocycles. The first-order chi connectivity index (χ1) is 8.98. The molecule has 0 aromatic heterocycles. The molecule has 2 aliphatic rings. The number of carbonyl (C=O) groups excluding carboxylic acids is 2. The number of nitrogens with zero attached hydrogens (tertiary/aromatic N) is 1. The van der Waals surface area contributed by atoms with Crippen LogP contribution in [-0.4, -0.2) is 39.5 Å². The number of nitrogens with one attached hydrogen (secondary N) is 1. The Morgan fingerprint density at radius 2 is 1.74 bits per heavy atom. The summed E-state index contributed by atoms with van der Waals surface area (Å²) in [4.78, 5) is 36.3. The Morgan fingerprint density at radius 1 is 1.21 bits per heavy atom. The molecule has 106 valence electrons. The number of carboxylic acid groups (broad SMARTS) is 1. The van der Waals surface area contributed by atoms with Crippen LogP contribution in [0.15, 0.2) is 0 Å². The second-order valence-corrected chi connectivity index (χ2v) is 5.47. The monoisotopic (exact) mass is 268 g/mol. The number of hydrogen-bond donors (Lipinski definition) is 2. The van der Waals surface area contributed by atoms with Gasteiger partial charge in [0.05, 0.1) is 0 Å². The molecule has 1 saturated heterocycles. The summed E-state index contributed by atoms with van der Waals surface area (Å²) in [5.41, 5.74) is -0.860. The highest BCUT2D eigenvalue weighted by Crippen LogP contribution is 2.32. The van der Waals surface area contributed by atoms with Crippen LogP contribution in [0.2, 0.25) is 0 Å². The van der Waals surface area contributed by atoms with Gasteiger partial charge in [-0.3, -0.25) is 4.79 Å². The van der Waals surface area contributed by atoms with E-state index in [1.165, 1.54) is 6.92 Å². The number of amides is 3. The van der Waals surface area contributed by atoms with Gasteiger partial charge in [-0.1, -0.05) is 32.1 Å². The number of carboxylic acids is 1. The van der Waals surface area contributed by atoms with Crippen LogP contribution in [0.1, 0.15) is 51.9 Å². The van der Waals surface area contributed by atoms with Crippen molar-refractivity contribution in [1.82, 2.24) is 10.2 Å². The molecule has 6 nitrogen and oxygen atoms in total. The lowest BCUT2D eigenvalue weighted by atomic mass is 9.84. The molecular formula is C13H20N2O4. The van der Waals surface area contributed by atoms with Gasteiger partial charge in [-0.15, -0.1) is 0 Å². The fourth-order valence-corrected chi connectivity index (χ4v) is 2.95. The molecular weight excluding hydrogens is 248 g/mol. The average molecular weight is 268 g/mol. The van der Waals surface area contributed by atoms with Gasteiger partial charge in [0.1, 0.15) is 11.6 Å². The van der Waals surface area contributed by atoms with Gasteiger partial charge in [0.25, 0.3) is 5.91 Å². The van der Waals surface area contributed by atoms with Crippen LogP contribution in [0.4, 0.5) is 4.79 Å². The zero-order chi connectivity index (χ0) is 14.0. The van der Waals surface area contributed by atoms with E-state index in [1.807, 2.05) is 0 Å². The van der Waals surface area contributed by atoms with Gasteiger partial charge in [-0.25, -0.2) is 14.5 Å². The standard InChI is InChI=1S/C13H20N2O4/c1-9(10(16)17)15-11(18)13(14-12(15)19)7-5-3-2-4-6-8-13/h9H,2-8H2,1H3,(H,14,19)(H,16,17). The third-order valence-corrected chi connectivity index (χ3v) is 4.14. The number of rotatable bonds is 2. The maximum Gasteiger partial charge on any atom is 0.326 e. The second-order valence-electron chi connectivity index (χ2n) is 5.47. The summed E-state index contributed by atoms with van der Waals surface area (Å²) in [5.74, 6) is -1.53. The van der Waals surface area contributed by atoms with Gasteiger partial charge in [-0.05, 0) is 19.8 Å². The lowest BCUT2D eigenvalue weighted by molar-refractivity contribution is -0.147. The minimum Gasteiger partial charge on any atom is -0.480 e. The van der Waals surface area contributed by atoms with Gasteiger partial charge >= 0.3 is 12.0 Å². The Bertz CT molecular complexity index is 399. The van der Waals surface area contributed by atoms with E-state index >= 15 is 0 Å². The minimum absolute atomic E-state index is 0.366. The second kappa shape index (κ2) is 5.19. The first kappa shape index (κ1) is 13.8. The van der Waals surface area contributed by atoms with Crippen molar-refractivity contribution in [1.29, 1.82) is 0 Å². The van der Waals surface area contributed by atoms with Gasteiger partial charge < -0.3 is 10.4 Å². The largest absolute Gasteiger partial charge is 0.480 e. The Balaban J connectivity index is 2.22. The van der Waals surface area contributed by atoms with E-state index in [0.29, 0.717) is 12.8 Å². The van der Waals surface area contributed by atoms with Crippen molar-refractivity contribution in [2.75, 3.05) is 0 Å². The predicted molar refractivity (Wildman–Crippen MR) is 67.5 cm³/mol. The van der Waals surface area contributed by atoms with Crippen LogP contribution in [0.25, 0.3) is 0 Å². The van der Waals surface area contributed by atoms with Crippen molar-refractivity contribution in [3.8, 4) is 0 Å². The number of imide groups is 1. The van der Waals surface area contributed by atoms with Crippen LogP contribution in [0.5, 0.6) is 0 Å². The highest BCUT2D eigenvalue weighted by molar-refractivity contribution is 6.09. The zero-order valence-electron chi connectivity index (χ0n) is 11.1. The Hall–Kier alpha value is -1.59. The van der Waals surface area contributed by atoms with Crippen LogP contribution in [-0.2, 0) is 9.59 Å². The van der Waals surface area contributed by atoms with Crippen molar-refractivity contribution < 1.29 is 19.5 Å². The third-order valence-electron chi connectivity index (χ3n) is 4.14. The molecule has 3 amide bonds. The van der Waals surface area contributed by atoms with Gasteiger partial charge in [0.2, 0.25) is 0 Å². The summed E-state index contributed by atoms with van der Waals surface area (Å²) in [5, 5.41) is 11.7. The van der Waals surface area contributed by atoms with Crippen molar-refractivity contribution >= 4 is 17.9 Å². The molecule has 2 fully saturated rings. The van der Waals surface area contributed by atoms with Gasteiger partial charge in [0, 0.05) is 0 Å². The fourth-order valence-electron chi connectivity index (χ4n) is 2.95. The molecule has 1 spiro atoms. The van der Waals surface area contributed by atoms with Gasteiger partial charge in [-0.2, -0.15) is 0 Å². The highest BCUT2D eigenvalue weighted by Gasteiger charge is 2.52. The molecule has 2 rings (SSSR count). The lowest BCUT2D eigenvalue weighted by Gasteiger charge is -2.29. The van der Waals surface area contributed by atoms with Crippen molar-refractivity contribution in [2.45, 2.75) is 63.5 Å². The molecule has 1 atom stereocenters. The number of urea groups is 1. The minimum atomic E-state index is -1.16. The van der Waals surface area contributed by atoms with Crippen LogP contribution in [0, 0.1) is 0 Å². The molecule has 0 aromatic rings. The van der Waals surface area contributed by atoms with E-state index in [0.717, 1.165) is 37.0 Å². The van der Waals surface area contributed by atoms with Crippen LogP contribution < -0.4 is 5.32 Å². The normalized spacial score (nSPS) is 24.8. The molecule has 1 unspecified atom stereocenters. The lowest BCUT2D eigenvalue weighted by Crippen LogP contribution is -2.49. The highest BCUT2D eigenvalue weighted by atomic mass is 16.4. The first-order valence-electron chi connectivity index (χ1n) is 6.86. The van der Waals surface area contributed by atoms with E-state index in [2.05, 4.69) is 5.32 Å². The summed E-state index contributed by atoms with van der Waals surface area (Å²) < 4.78 is 0. The Kier molecular flexibility index (Phi) is 3.78. The Labute approximate surface area is 112 Å². The van der Waals surface area contributed by atoms with Crippen molar-refractivity contribution in [3.63, 3.8) is 0 Å². The van der Waals surface area contributed by atoms with E-state index in [4.69, 9.17) is 5.11 Å². The number of aliphatic carboxylic acids is 1. The summed E-state index contributed by atoms with van der Waals surface area (Å²) in [6.07, 6.45) is 6.27. The smallest absolute Gasteiger partial charge is 0.326 e. The fraction of sp³-hybridized carbons (Fsp3) is 0.769. The molecule has 0 bridgehead atoms. The van der Waals surface area contributed by atoms with E-state index in [9.17, 15) is 14.4 Å². The topological polar surface area (TPSA) is 86.7 Å². The molecule has 6 heteroatoms.